The molecule has 0 aliphatic heterocycles. The van der Waals surface area contributed by atoms with Gasteiger partial charge in [0.1, 0.15) is 0 Å². The highest BCUT2D eigenvalue weighted by atomic mass is 16.5. The second kappa shape index (κ2) is 14.9. The highest BCUT2D eigenvalue weighted by Gasteiger charge is 1.92. The zero-order chi connectivity index (χ0) is 11.9. The second-order valence-corrected chi connectivity index (χ2v) is 4.50. The molecule has 0 fully saturated rings. The Balaban J connectivity index is 2.83. The summed E-state index contributed by atoms with van der Waals surface area (Å²) < 4.78 is 5.56. The van der Waals surface area contributed by atoms with Crippen LogP contribution in [0.5, 0.6) is 0 Å². The van der Waals surface area contributed by atoms with Crippen molar-refractivity contribution in [2.45, 2.75) is 71.1 Å². The number of hydrogen-bond donors (Lipinski definition) is 0. The quantitative estimate of drug-likeness (QED) is 0.432. The van der Waals surface area contributed by atoms with E-state index in [-0.39, 0.29) is 6.61 Å². The van der Waals surface area contributed by atoms with Crippen LogP contribution in [-0.2, 0) is 9.84 Å². The van der Waals surface area contributed by atoms with Crippen LogP contribution in [0.1, 0.15) is 71.1 Å². The van der Waals surface area contributed by atoms with Gasteiger partial charge in [0, 0.05) is 13.2 Å². The van der Waals surface area contributed by atoms with Crippen molar-refractivity contribution in [3.05, 3.63) is 0 Å². The van der Waals surface area contributed by atoms with Gasteiger partial charge in [0.15, 0.2) is 0 Å². The molecule has 0 heterocycles. The molecular weight excluding hydrogens is 200 g/mol. The lowest BCUT2D eigenvalue weighted by Gasteiger charge is -2.04. The van der Waals surface area contributed by atoms with Crippen LogP contribution in [0.4, 0.5) is 0 Å². The molecule has 0 aromatic rings. The van der Waals surface area contributed by atoms with Crippen LogP contribution < -0.4 is 0 Å². The number of rotatable bonds is 13. The maximum absolute atomic E-state index is 10.2. The van der Waals surface area contributed by atoms with E-state index in [4.69, 9.17) is 4.74 Å². The Morgan fingerprint density at radius 3 is 1.75 bits per heavy atom. The minimum atomic E-state index is 0.0981. The van der Waals surface area contributed by atoms with Crippen LogP contribution in [-0.4, -0.2) is 19.8 Å². The topological polar surface area (TPSA) is 29.1 Å². The Labute approximate surface area is 101 Å². The molecule has 0 aromatic carbocycles. The molecule has 0 saturated heterocycles. The summed E-state index contributed by atoms with van der Waals surface area (Å²) in [6, 6.07) is 0. The molecule has 16 heavy (non-hydrogen) atoms. The number of unbranched alkanes of at least 4 members (excludes halogenated alkanes) is 8. The molecule has 1 radical (unpaired) electrons. The Kier molecular flexibility index (Phi) is 14.8. The van der Waals surface area contributed by atoms with E-state index in [0.29, 0.717) is 0 Å². The fourth-order valence-corrected chi connectivity index (χ4v) is 1.75. The molecule has 0 aromatic heterocycles. The average Bonchev–Trinajstić information content (AvgIpc) is 2.31. The van der Waals surface area contributed by atoms with E-state index in [1.807, 2.05) is 0 Å². The number of ether oxygens (including phenoxy) is 1. The van der Waals surface area contributed by atoms with Crippen molar-refractivity contribution in [2.24, 2.45) is 0 Å². The van der Waals surface area contributed by atoms with Crippen molar-refractivity contribution >= 4 is 0 Å². The summed E-state index contributed by atoms with van der Waals surface area (Å²) in [5.41, 5.74) is 0. The largest absolute Gasteiger partial charge is 0.381 e. The van der Waals surface area contributed by atoms with E-state index in [9.17, 15) is 5.11 Å². The highest BCUT2D eigenvalue weighted by Crippen LogP contribution is 2.05. The summed E-state index contributed by atoms with van der Waals surface area (Å²) in [7, 11) is 0. The first-order chi connectivity index (χ1) is 7.91. The third kappa shape index (κ3) is 13.9. The lowest BCUT2D eigenvalue weighted by Crippen LogP contribution is -1.97. The molecule has 2 nitrogen and oxygen atoms in total. The first kappa shape index (κ1) is 15.9. The third-order valence-electron chi connectivity index (χ3n) is 2.83. The third-order valence-corrected chi connectivity index (χ3v) is 2.83. The maximum Gasteiger partial charge on any atom is 0.0822 e. The molecule has 0 saturated carbocycles. The summed E-state index contributed by atoms with van der Waals surface area (Å²) in [5.74, 6) is 0. The van der Waals surface area contributed by atoms with Crippen molar-refractivity contribution in [3.63, 3.8) is 0 Å². The SMILES string of the molecule is CCCCCCOCCCCCCCC[O]. The first-order valence-electron chi connectivity index (χ1n) is 7.07. The Morgan fingerprint density at radius 1 is 0.688 bits per heavy atom. The Hall–Kier alpha value is -0.0800. The standard InChI is InChI=1S/C14H29O2/c1-2-3-4-10-13-16-14-11-8-6-5-7-9-12-15/h2-14H2,1H3. The van der Waals surface area contributed by atoms with Gasteiger partial charge in [-0.2, -0.15) is 0 Å². The molecule has 2 heteroatoms. The molecule has 0 unspecified atom stereocenters. The maximum atomic E-state index is 10.2. The van der Waals surface area contributed by atoms with Gasteiger partial charge in [-0.3, -0.25) is 0 Å². The average molecular weight is 229 g/mol. The first-order valence-corrected chi connectivity index (χ1v) is 7.07. The van der Waals surface area contributed by atoms with Crippen LogP contribution in [0.2, 0.25) is 0 Å². The fraction of sp³-hybridized carbons (Fsp3) is 1.00. The zero-order valence-electron chi connectivity index (χ0n) is 11.0. The van der Waals surface area contributed by atoms with Crippen molar-refractivity contribution < 1.29 is 9.84 Å². The second-order valence-electron chi connectivity index (χ2n) is 4.50. The van der Waals surface area contributed by atoms with Gasteiger partial charge in [0.2, 0.25) is 0 Å². The zero-order valence-corrected chi connectivity index (χ0v) is 11.0. The Morgan fingerprint density at radius 2 is 1.19 bits per heavy atom. The van der Waals surface area contributed by atoms with Crippen molar-refractivity contribution in [1.29, 1.82) is 0 Å². The lowest BCUT2D eigenvalue weighted by molar-refractivity contribution is 0.125. The van der Waals surface area contributed by atoms with Crippen LogP contribution in [0.3, 0.4) is 0 Å². The summed E-state index contributed by atoms with van der Waals surface area (Å²) in [6.07, 6.45) is 12.1. The molecule has 97 valence electrons. The minimum Gasteiger partial charge on any atom is -0.381 e. The Bertz CT molecular complexity index is 101. The monoisotopic (exact) mass is 229 g/mol. The van der Waals surface area contributed by atoms with E-state index in [0.717, 1.165) is 26.1 Å². The van der Waals surface area contributed by atoms with Gasteiger partial charge in [-0.25, -0.2) is 5.11 Å². The van der Waals surface area contributed by atoms with E-state index in [1.54, 1.807) is 0 Å². The van der Waals surface area contributed by atoms with Crippen LogP contribution in [0.15, 0.2) is 0 Å². The predicted molar refractivity (Wildman–Crippen MR) is 68.2 cm³/mol. The van der Waals surface area contributed by atoms with Crippen LogP contribution in [0, 0.1) is 0 Å². The summed E-state index contributed by atoms with van der Waals surface area (Å²) >= 11 is 0. The van der Waals surface area contributed by atoms with Crippen molar-refractivity contribution in [3.8, 4) is 0 Å². The summed E-state index contributed by atoms with van der Waals surface area (Å²) in [4.78, 5) is 0. The van der Waals surface area contributed by atoms with E-state index in [2.05, 4.69) is 6.92 Å². The van der Waals surface area contributed by atoms with Gasteiger partial charge >= 0.3 is 0 Å². The van der Waals surface area contributed by atoms with E-state index < -0.39 is 0 Å². The van der Waals surface area contributed by atoms with E-state index in [1.165, 1.54) is 51.4 Å². The van der Waals surface area contributed by atoms with Gasteiger partial charge in [0.25, 0.3) is 0 Å². The highest BCUT2D eigenvalue weighted by molar-refractivity contribution is 4.45. The fourth-order valence-electron chi connectivity index (χ4n) is 1.75. The normalized spacial score (nSPS) is 10.9. The predicted octanol–water partition coefficient (Wildman–Crippen LogP) is 4.35. The van der Waals surface area contributed by atoms with Crippen molar-refractivity contribution in [2.75, 3.05) is 19.8 Å². The molecule has 0 aliphatic carbocycles. The minimum absolute atomic E-state index is 0.0981. The van der Waals surface area contributed by atoms with Crippen LogP contribution >= 0.6 is 0 Å². The molecule has 0 aliphatic rings. The van der Waals surface area contributed by atoms with E-state index >= 15 is 0 Å². The lowest BCUT2D eigenvalue weighted by atomic mass is 10.1. The molecule has 0 bridgehead atoms. The smallest absolute Gasteiger partial charge is 0.0822 e. The summed E-state index contributed by atoms with van der Waals surface area (Å²) in [5, 5.41) is 10.2. The van der Waals surface area contributed by atoms with Gasteiger partial charge in [-0.15, -0.1) is 0 Å². The van der Waals surface area contributed by atoms with Crippen LogP contribution in [0.25, 0.3) is 0 Å². The molecule has 0 spiro atoms. The molecule has 0 N–H and O–H groups in total. The van der Waals surface area contributed by atoms with Gasteiger partial charge < -0.3 is 4.74 Å². The van der Waals surface area contributed by atoms with Gasteiger partial charge in [-0.1, -0.05) is 51.9 Å². The molecular formula is C14H29O2. The van der Waals surface area contributed by atoms with Gasteiger partial charge in [-0.05, 0) is 19.3 Å². The number of hydrogen-bond acceptors (Lipinski definition) is 1. The molecule has 0 amide bonds. The van der Waals surface area contributed by atoms with Crippen molar-refractivity contribution in [1.82, 2.24) is 0 Å². The summed E-state index contributed by atoms with van der Waals surface area (Å²) in [6.45, 7) is 4.19. The molecule has 0 atom stereocenters. The van der Waals surface area contributed by atoms with Gasteiger partial charge in [0.05, 0.1) is 6.61 Å². The molecule has 0 rings (SSSR count).